The largest absolute Gasteiger partial charge is 0.363 e. The summed E-state index contributed by atoms with van der Waals surface area (Å²) in [6.07, 6.45) is 2.90. The van der Waals surface area contributed by atoms with Gasteiger partial charge < -0.3 is 5.32 Å². The number of allylic oxidation sites excluding steroid dienone is 1. The van der Waals surface area contributed by atoms with E-state index in [1.54, 1.807) is 0 Å². The molecule has 1 aromatic heterocycles. The van der Waals surface area contributed by atoms with Crippen molar-refractivity contribution in [2.45, 2.75) is 77.3 Å². The van der Waals surface area contributed by atoms with Gasteiger partial charge in [-0.3, -0.25) is 4.79 Å². The molecule has 0 unspecified atom stereocenters. The summed E-state index contributed by atoms with van der Waals surface area (Å²) in [6, 6.07) is 18.5. The predicted molar refractivity (Wildman–Crippen MR) is 146 cm³/mol. The van der Waals surface area contributed by atoms with Crippen LogP contribution in [0, 0.1) is 6.92 Å². The monoisotopic (exact) mass is 489 g/mol. The van der Waals surface area contributed by atoms with Gasteiger partial charge in [-0.05, 0) is 63.3 Å². The van der Waals surface area contributed by atoms with E-state index in [1.165, 1.54) is 5.56 Å². The van der Waals surface area contributed by atoms with Crippen molar-refractivity contribution >= 4 is 23.2 Å². The highest BCUT2D eigenvalue weighted by molar-refractivity contribution is 6.30. The lowest BCUT2D eigenvalue weighted by atomic mass is 9.69. The fourth-order valence-electron chi connectivity index (χ4n) is 5.70. The van der Waals surface area contributed by atoms with E-state index in [2.05, 4.69) is 76.0 Å². The fourth-order valence-corrected chi connectivity index (χ4v) is 5.83. The number of carbonyl (C=O) groups is 1. The van der Waals surface area contributed by atoms with Crippen LogP contribution in [0.4, 0.5) is 5.82 Å². The first-order valence-corrected chi connectivity index (χ1v) is 12.9. The van der Waals surface area contributed by atoms with E-state index in [1.807, 2.05) is 29.8 Å². The second-order valence-corrected chi connectivity index (χ2v) is 10.8. The lowest BCUT2D eigenvalue weighted by Crippen LogP contribution is -2.38. The average Bonchev–Trinajstić information content (AvgIpc) is 3.18. The minimum Gasteiger partial charge on any atom is -0.363 e. The summed E-state index contributed by atoms with van der Waals surface area (Å²) in [5.41, 5.74) is 4.24. The number of fused-ring (bicyclic) bond motifs is 1. The zero-order valence-corrected chi connectivity index (χ0v) is 22.2. The number of hydrogen-bond donors (Lipinski definition) is 1. The molecular formula is C30H36ClN3O. The Labute approximate surface area is 214 Å². The molecule has 1 aliphatic heterocycles. The lowest BCUT2D eigenvalue weighted by Gasteiger charge is -2.38. The van der Waals surface area contributed by atoms with Gasteiger partial charge in [-0.2, -0.15) is 5.10 Å². The van der Waals surface area contributed by atoms with Crippen LogP contribution in [0.15, 0.2) is 66.7 Å². The number of nitrogens with zero attached hydrogens (tertiary/aromatic N) is 2. The third-order valence-electron chi connectivity index (χ3n) is 7.78. The van der Waals surface area contributed by atoms with E-state index >= 15 is 0 Å². The quantitative estimate of drug-likeness (QED) is 0.257. The summed E-state index contributed by atoms with van der Waals surface area (Å²) >= 11 is 6.15. The van der Waals surface area contributed by atoms with Crippen LogP contribution in [-0.2, 0) is 11.0 Å². The minimum atomic E-state index is -0.277. The van der Waals surface area contributed by atoms with E-state index in [0.717, 1.165) is 41.9 Å². The maximum atomic E-state index is 13.9. The van der Waals surface area contributed by atoms with Crippen LogP contribution in [0.5, 0.6) is 0 Å². The van der Waals surface area contributed by atoms with E-state index in [4.69, 9.17) is 16.7 Å². The molecule has 0 bridgehead atoms. The van der Waals surface area contributed by atoms with Gasteiger partial charge in [-0.15, -0.1) is 0 Å². The summed E-state index contributed by atoms with van der Waals surface area (Å²) in [7, 11) is 0. The van der Waals surface area contributed by atoms with Gasteiger partial charge in [0.05, 0.1) is 22.8 Å². The van der Waals surface area contributed by atoms with Crippen molar-refractivity contribution < 1.29 is 4.79 Å². The Morgan fingerprint density at radius 1 is 1.14 bits per heavy atom. The van der Waals surface area contributed by atoms with Crippen LogP contribution in [0.25, 0.3) is 0 Å². The standard InChI is InChI=1S/C30H36ClN3O/c1-7-30(8-2,23-14-16-24(31)17-15-23)20(3)18-26(35)27-21(4)33-34-28(27)32-25(19-29(34,5)6)22-12-10-9-11-13-22/h9-17,25,32H,3,7-8,18-19H2,1-2,4-6H3/t25-/m0/s1. The number of halogens is 1. The molecule has 5 heteroatoms. The number of carbonyl (C=O) groups excluding carboxylic acids is 1. The van der Waals surface area contributed by atoms with Crippen LogP contribution >= 0.6 is 11.6 Å². The highest BCUT2D eigenvalue weighted by Gasteiger charge is 2.39. The SMILES string of the molecule is C=C(CC(=O)c1c(C)nn2c1N[C@H](c1ccccc1)CC2(C)C)C(CC)(CC)c1ccc(Cl)cc1. The molecule has 0 saturated heterocycles. The molecule has 4 rings (SSSR count). The zero-order chi connectivity index (χ0) is 25.4. The highest BCUT2D eigenvalue weighted by Crippen LogP contribution is 2.43. The molecule has 0 amide bonds. The summed E-state index contributed by atoms with van der Waals surface area (Å²) in [5.74, 6) is 0.876. The first-order valence-electron chi connectivity index (χ1n) is 12.5. The van der Waals surface area contributed by atoms with Gasteiger partial charge in [0.25, 0.3) is 0 Å². The van der Waals surface area contributed by atoms with Gasteiger partial charge in [0, 0.05) is 16.9 Å². The molecule has 1 N–H and O–H groups in total. The minimum absolute atomic E-state index is 0.0611. The van der Waals surface area contributed by atoms with Crippen LogP contribution < -0.4 is 5.32 Å². The molecule has 35 heavy (non-hydrogen) atoms. The Balaban J connectivity index is 1.67. The van der Waals surface area contributed by atoms with Gasteiger partial charge in [-0.25, -0.2) is 4.68 Å². The molecule has 184 valence electrons. The van der Waals surface area contributed by atoms with Crippen molar-refractivity contribution in [1.82, 2.24) is 9.78 Å². The van der Waals surface area contributed by atoms with Crippen molar-refractivity contribution in [3.63, 3.8) is 0 Å². The molecule has 1 aliphatic rings. The number of anilines is 1. The van der Waals surface area contributed by atoms with Gasteiger partial charge in [0.1, 0.15) is 5.82 Å². The third-order valence-corrected chi connectivity index (χ3v) is 8.04. The van der Waals surface area contributed by atoms with Gasteiger partial charge >= 0.3 is 0 Å². The Hall–Kier alpha value is -2.85. The normalized spacial score (nSPS) is 16.9. The molecule has 0 spiro atoms. The lowest BCUT2D eigenvalue weighted by molar-refractivity contribution is 0.0988. The molecule has 0 aliphatic carbocycles. The molecule has 0 radical (unpaired) electrons. The number of aryl methyl sites for hydroxylation is 1. The molecule has 2 heterocycles. The van der Waals surface area contributed by atoms with Crippen molar-refractivity contribution in [3.8, 4) is 0 Å². The Morgan fingerprint density at radius 2 is 1.77 bits per heavy atom. The zero-order valence-electron chi connectivity index (χ0n) is 21.5. The van der Waals surface area contributed by atoms with Crippen molar-refractivity contribution in [2.24, 2.45) is 0 Å². The summed E-state index contributed by atoms with van der Waals surface area (Å²) in [6.45, 7) is 15.1. The van der Waals surface area contributed by atoms with Crippen LogP contribution in [0.3, 0.4) is 0 Å². The molecule has 2 aromatic carbocycles. The van der Waals surface area contributed by atoms with E-state index < -0.39 is 0 Å². The van der Waals surface area contributed by atoms with E-state index in [0.29, 0.717) is 10.6 Å². The van der Waals surface area contributed by atoms with Crippen LogP contribution in [-0.4, -0.2) is 15.6 Å². The van der Waals surface area contributed by atoms with Crippen LogP contribution in [0.1, 0.15) is 86.6 Å². The Morgan fingerprint density at radius 3 is 2.37 bits per heavy atom. The molecule has 4 nitrogen and oxygen atoms in total. The van der Waals surface area contributed by atoms with Crippen LogP contribution in [0.2, 0.25) is 5.02 Å². The summed E-state index contributed by atoms with van der Waals surface area (Å²) in [4.78, 5) is 13.9. The van der Waals surface area contributed by atoms with E-state index in [-0.39, 0.29) is 29.2 Å². The van der Waals surface area contributed by atoms with Crippen molar-refractivity contribution in [3.05, 3.63) is 94.2 Å². The molecule has 0 saturated carbocycles. The number of rotatable bonds is 8. The molecule has 1 atom stereocenters. The number of hydrogen-bond acceptors (Lipinski definition) is 3. The van der Waals surface area contributed by atoms with Crippen molar-refractivity contribution in [2.75, 3.05) is 5.32 Å². The van der Waals surface area contributed by atoms with Gasteiger partial charge in [-0.1, -0.05) is 80.1 Å². The summed E-state index contributed by atoms with van der Waals surface area (Å²) in [5, 5.41) is 9.18. The predicted octanol–water partition coefficient (Wildman–Crippen LogP) is 8.02. The van der Waals surface area contributed by atoms with Gasteiger partial charge in [0.15, 0.2) is 5.78 Å². The number of nitrogens with one attached hydrogen (secondary N) is 1. The average molecular weight is 490 g/mol. The second-order valence-electron chi connectivity index (χ2n) is 10.3. The highest BCUT2D eigenvalue weighted by atomic mass is 35.5. The first-order chi connectivity index (χ1) is 16.6. The third kappa shape index (κ3) is 4.56. The maximum Gasteiger partial charge on any atom is 0.172 e. The molecule has 3 aromatic rings. The smallest absolute Gasteiger partial charge is 0.172 e. The number of Topliss-reactive ketones (excluding diaryl/α,β-unsaturated/α-hetero) is 1. The Bertz CT molecular complexity index is 1220. The number of benzene rings is 2. The maximum absolute atomic E-state index is 13.9. The van der Waals surface area contributed by atoms with E-state index in [9.17, 15) is 4.79 Å². The Kier molecular flexibility index (Phi) is 6.97. The first kappa shape index (κ1) is 25.2. The topological polar surface area (TPSA) is 46.9 Å². The van der Waals surface area contributed by atoms with Gasteiger partial charge in [0.2, 0.25) is 0 Å². The fraction of sp³-hybridized carbons (Fsp3) is 0.400. The summed E-state index contributed by atoms with van der Waals surface area (Å²) < 4.78 is 2.00. The molecular weight excluding hydrogens is 454 g/mol. The number of ketones is 1. The second kappa shape index (κ2) is 9.66. The molecule has 0 fully saturated rings. The van der Waals surface area contributed by atoms with Crippen molar-refractivity contribution in [1.29, 1.82) is 0 Å². The number of aromatic nitrogens is 2.